The predicted molar refractivity (Wildman–Crippen MR) is 97.3 cm³/mol. The van der Waals surface area contributed by atoms with Crippen molar-refractivity contribution >= 4 is 8.80 Å². The van der Waals surface area contributed by atoms with Gasteiger partial charge in [-0.1, -0.05) is 71.1 Å². The highest BCUT2D eigenvalue weighted by atomic mass is 28.4. The molecule has 0 bridgehead atoms. The van der Waals surface area contributed by atoms with E-state index in [1.807, 2.05) is 13.5 Å². The van der Waals surface area contributed by atoms with Crippen molar-refractivity contribution in [3.8, 4) is 0 Å². The van der Waals surface area contributed by atoms with E-state index in [4.69, 9.17) is 13.3 Å². The molecule has 0 amide bonds. The molecule has 134 valence electrons. The quantitative estimate of drug-likeness (QED) is 0.258. The summed E-state index contributed by atoms with van der Waals surface area (Å²) >= 11 is 0. The van der Waals surface area contributed by atoms with Gasteiger partial charge in [0.2, 0.25) is 0 Å². The number of unbranched alkanes of at least 4 members (excludes halogenated alkanes) is 9. The van der Waals surface area contributed by atoms with Crippen LogP contribution in [-0.2, 0) is 13.3 Å². The van der Waals surface area contributed by atoms with E-state index in [9.17, 15) is 0 Å². The Morgan fingerprint density at radius 1 is 0.818 bits per heavy atom. The molecule has 2 unspecified atom stereocenters. The zero-order chi connectivity index (χ0) is 16.7. The summed E-state index contributed by atoms with van der Waals surface area (Å²) in [6.07, 6.45) is 15.1. The van der Waals surface area contributed by atoms with Gasteiger partial charge in [-0.15, -0.1) is 0 Å². The fraction of sp³-hybridized carbons (Fsp3) is 1.00. The molecule has 0 heterocycles. The van der Waals surface area contributed by atoms with Crippen molar-refractivity contribution in [3.05, 3.63) is 0 Å². The lowest BCUT2D eigenvalue weighted by atomic mass is 10.1. The monoisotopic (exact) mass is 332 g/mol. The van der Waals surface area contributed by atoms with Gasteiger partial charge in [0, 0.05) is 26.4 Å². The van der Waals surface area contributed by atoms with Crippen molar-refractivity contribution < 1.29 is 13.3 Å². The van der Waals surface area contributed by atoms with Gasteiger partial charge >= 0.3 is 8.80 Å². The summed E-state index contributed by atoms with van der Waals surface area (Å²) in [5.74, 6) is 0. The van der Waals surface area contributed by atoms with Gasteiger partial charge in [0.15, 0.2) is 0 Å². The number of hydrogen-bond donors (Lipinski definition) is 0. The van der Waals surface area contributed by atoms with Crippen LogP contribution in [0.2, 0.25) is 6.55 Å². The van der Waals surface area contributed by atoms with Crippen molar-refractivity contribution in [3.63, 3.8) is 0 Å². The van der Waals surface area contributed by atoms with Crippen LogP contribution in [0.3, 0.4) is 0 Å². The fourth-order valence-electron chi connectivity index (χ4n) is 2.75. The summed E-state index contributed by atoms with van der Waals surface area (Å²) in [6.45, 7) is 9.03. The van der Waals surface area contributed by atoms with Crippen LogP contribution in [0.5, 0.6) is 0 Å². The molecule has 2 atom stereocenters. The van der Waals surface area contributed by atoms with E-state index in [2.05, 4.69) is 13.8 Å². The Morgan fingerprint density at radius 3 is 1.77 bits per heavy atom. The Balaban J connectivity index is 3.47. The van der Waals surface area contributed by atoms with Crippen LogP contribution in [0.1, 0.15) is 91.4 Å². The lowest BCUT2D eigenvalue weighted by Gasteiger charge is -2.27. The molecule has 0 aromatic rings. The van der Waals surface area contributed by atoms with Crippen molar-refractivity contribution in [1.82, 2.24) is 0 Å². The maximum Gasteiger partial charge on any atom is 0.497 e. The highest BCUT2D eigenvalue weighted by Crippen LogP contribution is 2.16. The molecule has 0 aliphatic carbocycles. The van der Waals surface area contributed by atoms with Crippen molar-refractivity contribution in [2.45, 2.75) is 104 Å². The topological polar surface area (TPSA) is 27.7 Å². The average Bonchev–Trinajstić information content (AvgIpc) is 2.49. The zero-order valence-corrected chi connectivity index (χ0v) is 16.8. The Hall–Kier alpha value is 0.0969. The average molecular weight is 333 g/mol. The molecule has 0 rings (SSSR count). The third-order valence-electron chi connectivity index (χ3n) is 4.16. The molecule has 0 spiro atoms. The Labute approximate surface area is 140 Å². The van der Waals surface area contributed by atoms with Crippen LogP contribution in [0, 0.1) is 0 Å². The first-order valence-electron chi connectivity index (χ1n) is 9.44. The molecule has 0 aromatic heterocycles. The van der Waals surface area contributed by atoms with Gasteiger partial charge in [-0.2, -0.15) is 0 Å². The minimum absolute atomic E-state index is 0.234. The maximum absolute atomic E-state index is 6.00. The van der Waals surface area contributed by atoms with Crippen molar-refractivity contribution in [2.75, 3.05) is 13.7 Å². The fourth-order valence-corrected chi connectivity index (χ4v) is 4.40. The molecular weight excluding hydrogens is 292 g/mol. The number of hydrogen-bond acceptors (Lipinski definition) is 3. The smallest absolute Gasteiger partial charge is 0.377 e. The van der Waals surface area contributed by atoms with Gasteiger partial charge in [-0.25, -0.2) is 0 Å². The molecule has 0 aromatic carbocycles. The first kappa shape index (κ1) is 22.1. The Kier molecular flexibility index (Phi) is 14.7. The van der Waals surface area contributed by atoms with E-state index in [1.165, 1.54) is 64.2 Å². The standard InChI is InChI=1S/C18H40O3Si/c1-6-8-9-10-11-12-13-14-15-16-17-18(3)21-22(5,19-4)20-7-2/h18H,6-17H2,1-5H3. The molecule has 0 aliphatic heterocycles. The van der Waals surface area contributed by atoms with Gasteiger partial charge in [0.05, 0.1) is 0 Å². The lowest BCUT2D eigenvalue weighted by molar-refractivity contribution is 0.0521. The zero-order valence-electron chi connectivity index (χ0n) is 15.8. The van der Waals surface area contributed by atoms with Crippen LogP contribution in [0.25, 0.3) is 0 Å². The third kappa shape index (κ3) is 12.6. The predicted octanol–water partition coefficient (Wildman–Crippen LogP) is 5.95. The van der Waals surface area contributed by atoms with E-state index >= 15 is 0 Å². The molecular formula is C18H40O3Si. The van der Waals surface area contributed by atoms with E-state index in [0.717, 1.165) is 6.42 Å². The van der Waals surface area contributed by atoms with Gasteiger partial charge in [-0.05, 0) is 20.3 Å². The molecule has 22 heavy (non-hydrogen) atoms. The summed E-state index contributed by atoms with van der Waals surface area (Å²) in [5, 5.41) is 0. The van der Waals surface area contributed by atoms with Crippen LogP contribution in [0.15, 0.2) is 0 Å². The highest BCUT2D eigenvalue weighted by molar-refractivity contribution is 6.59. The summed E-state index contributed by atoms with van der Waals surface area (Å²) in [4.78, 5) is 0. The second-order valence-electron chi connectivity index (χ2n) is 6.40. The van der Waals surface area contributed by atoms with Gasteiger partial charge < -0.3 is 13.3 Å². The lowest BCUT2D eigenvalue weighted by Crippen LogP contribution is -2.44. The first-order valence-corrected chi connectivity index (χ1v) is 11.7. The molecule has 3 nitrogen and oxygen atoms in total. The van der Waals surface area contributed by atoms with Crippen molar-refractivity contribution in [1.29, 1.82) is 0 Å². The van der Waals surface area contributed by atoms with Gasteiger partial charge in [0.25, 0.3) is 0 Å². The minimum Gasteiger partial charge on any atom is -0.377 e. The van der Waals surface area contributed by atoms with E-state index in [-0.39, 0.29) is 6.10 Å². The van der Waals surface area contributed by atoms with Gasteiger partial charge in [-0.3, -0.25) is 0 Å². The molecule has 0 fully saturated rings. The molecule has 0 N–H and O–H groups in total. The van der Waals surface area contributed by atoms with Crippen LogP contribution in [0.4, 0.5) is 0 Å². The summed E-state index contributed by atoms with van der Waals surface area (Å²) in [5.41, 5.74) is 0. The molecule has 4 heteroatoms. The molecule has 0 aliphatic rings. The van der Waals surface area contributed by atoms with Crippen molar-refractivity contribution in [2.24, 2.45) is 0 Å². The SMILES string of the molecule is CCCCCCCCCCCCC(C)O[Si](C)(OC)OCC. The molecule has 0 saturated heterocycles. The maximum atomic E-state index is 6.00. The summed E-state index contributed by atoms with van der Waals surface area (Å²) < 4.78 is 17.1. The minimum atomic E-state index is -2.38. The van der Waals surface area contributed by atoms with Crippen LogP contribution >= 0.6 is 0 Å². The van der Waals surface area contributed by atoms with E-state index in [1.54, 1.807) is 7.11 Å². The second-order valence-corrected chi connectivity index (χ2v) is 9.06. The Bertz CT molecular complexity index is 238. The summed E-state index contributed by atoms with van der Waals surface area (Å²) in [6, 6.07) is 0. The first-order chi connectivity index (χ1) is 10.6. The second kappa shape index (κ2) is 14.7. The van der Waals surface area contributed by atoms with Crippen LogP contribution in [-0.4, -0.2) is 28.6 Å². The third-order valence-corrected chi connectivity index (χ3v) is 6.54. The van der Waals surface area contributed by atoms with Gasteiger partial charge in [0.1, 0.15) is 0 Å². The largest absolute Gasteiger partial charge is 0.497 e. The highest BCUT2D eigenvalue weighted by Gasteiger charge is 2.34. The Morgan fingerprint density at radius 2 is 1.32 bits per heavy atom. The molecule has 0 radical (unpaired) electrons. The normalized spacial score (nSPS) is 15.7. The van der Waals surface area contributed by atoms with E-state index < -0.39 is 8.80 Å². The van der Waals surface area contributed by atoms with Crippen LogP contribution < -0.4 is 0 Å². The number of rotatable bonds is 16. The summed E-state index contributed by atoms with van der Waals surface area (Å²) in [7, 11) is -0.694. The van der Waals surface area contributed by atoms with E-state index in [0.29, 0.717) is 6.61 Å². The molecule has 0 saturated carbocycles.